The molecule has 0 unspecified atom stereocenters. The number of amides is 1. The fourth-order valence-electron chi connectivity index (χ4n) is 4.74. The van der Waals surface area contributed by atoms with Crippen LogP contribution < -0.4 is 10.6 Å². The van der Waals surface area contributed by atoms with Crippen LogP contribution in [0.2, 0.25) is 0 Å². The average Bonchev–Trinajstić information content (AvgIpc) is 2.78. The second-order valence-corrected chi connectivity index (χ2v) is 9.04. The van der Waals surface area contributed by atoms with Crippen LogP contribution in [0.3, 0.4) is 0 Å². The summed E-state index contributed by atoms with van der Waals surface area (Å²) in [4.78, 5) is 19.7. The number of rotatable bonds is 10. The lowest BCUT2D eigenvalue weighted by Crippen LogP contribution is -2.51. The summed E-state index contributed by atoms with van der Waals surface area (Å²) >= 11 is 0. The van der Waals surface area contributed by atoms with Crippen LogP contribution in [0.5, 0.6) is 0 Å². The molecule has 0 bridgehead atoms. The van der Waals surface area contributed by atoms with Crippen LogP contribution in [0.1, 0.15) is 91.9 Å². The third-order valence-electron chi connectivity index (χ3n) is 6.73. The SMILES string of the molecule is CCCOC1(CN=C(NCC)NC2CCN(C(=O)C(CC)CC)CC2)CCCCC1. The Morgan fingerprint density at radius 2 is 1.77 bits per heavy atom. The molecule has 1 heterocycles. The van der Waals surface area contributed by atoms with E-state index in [1.807, 2.05) is 0 Å². The van der Waals surface area contributed by atoms with E-state index in [-0.39, 0.29) is 11.5 Å². The van der Waals surface area contributed by atoms with Gasteiger partial charge in [0.15, 0.2) is 5.96 Å². The molecule has 174 valence electrons. The van der Waals surface area contributed by atoms with Gasteiger partial charge in [-0.1, -0.05) is 40.0 Å². The van der Waals surface area contributed by atoms with Crippen molar-refractivity contribution in [1.29, 1.82) is 0 Å². The normalized spacial score (nSPS) is 20.4. The molecule has 2 N–H and O–H groups in total. The predicted octanol–water partition coefficient (Wildman–Crippen LogP) is 4.10. The molecule has 2 rings (SSSR count). The van der Waals surface area contributed by atoms with Crippen molar-refractivity contribution in [3.05, 3.63) is 0 Å². The molecular formula is C24H46N4O2. The van der Waals surface area contributed by atoms with E-state index in [0.717, 1.165) is 83.7 Å². The topological polar surface area (TPSA) is 66.0 Å². The second-order valence-electron chi connectivity index (χ2n) is 9.04. The Bertz CT molecular complexity index is 519. The second kappa shape index (κ2) is 13.2. The van der Waals surface area contributed by atoms with Crippen LogP contribution >= 0.6 is 0 Å². The Hall–Kier alpha value is -1.30. The summed E-state index contributed by atoms with van der Waals surface area (Å²) in [5.41, 5.74) is -0.0816. The van der Waals surface area contributed by atoms with Gasteiger partial charge in [-0.25, -0.2) is 0 Å². The van der Waals surface area contributed by atoms with E-state index < -0.39 is 0 Å². The monoisotopic (exact) mass is 422 g/mol. The molecule has 0 atom stereocenters. The molecule has 1 saturated heterocycles. The number of likely N-dealkylation sites (tertiary alicyclic amines) is 1. The molecule has 6 nitrogen and oxygen atoms in total. The third kappa shape index (κ3) is 7.44. The average molecular weight is 423 g/mol. The Kier molecular flexibility index (Phi) is 11.0. The standard InChI is InChI=1S/C24H46N4O2/c1-5-18-30-24(14-10-9-11-15-24)19-26-23(25-8-4)27-21-12-16-28(17-13-21)22(29)20(6-2)7-3/h20-21H,5-19H2,1-4H3,(H2,25,26,27). The highest BCUT2D eigenvalue weighted by molar-refractivity contribution is 5.80. The van der Waals surface area contributed by atoms with Crippen molar-refractivity contribution < 1.29 is 9.53 Å². The van der Waals surface area contributed by atoms with Gasteiger partial charge in [-0.3, -0.25) is 9.79 Å². The Morgan fingerprint density at radius 3 is 2.33 bits per heavy atom. The predicted molar refractivity (Wildman–Crippen MR) is 125 cm³/mol. The van der Waals surface area contributed by atoms with Gasteiger partial charge in [-0.2, -0.15) is 0 Å². The van der Waals surface area contributed by atoms with Gasteiger partial charge >= 0.3 is 0 Å². The highest BCUT2D eigenvalue weighted by atomic mass is 16.5. The van der Waals surface area contributed by atoms with Gasteiger partial charge in [0.25, 0.3) is 0 Å². The summed E-state index contributed by atoms with van der Waals surface area (Å²) in [5, 5.41) is 7.05. The highest BCUT2D eigenvalue weighted by Gasteiger charge is 2.33. The van der Waals surface area contributed by atoms with E-state index in [0.29, 0.717) is 11.9 Å². The minimum atomic E-state index is -0.0816. The summed E-state index contributed by atoms with van der Waals surface area (Å²) in [6, 6.07) is 0.368. The molecule has 1 aliphatic carbocycles. The lowest BCUT2D eigenvalue weighted by Gasteiger charge is -2.37. The zero-order valence-electron chi connectivity index (χ0n) is 20.0. The highest BCUT2D eigenvalue weighted by Crippen LogP contribution is 2.32. The van der Waals surface area contributed by atoms with Crippen molar-refractivity contribution in [2.45, 2.75) is 104 Å². The maximum atomic E-state index is 12.6. The first-order valence-corrected chi connectivity index (χ1v) is 12.5. The lowest BCUT2D eigenvalue weighted by atomic mass is 9.84. The number of hydrogen-bond donors (Lipinski definition) is 2. The first-order valence-electron chi connectivity index (χ1n) is 12.5. The molecule has 0 aromatic carbocycles. The van der Waals surface area contributed by atoms with Crippen molar-refractivity contribution in [2.24, 2.45) is 10.9 Å². The number of ether oxygens (including phenoxy) is 1. The van der Waals surface area contributed by atoms with E-state index in [9.17, 15) is 4.79 Å². The van der Waals surface area contributed by atoms with Crippen LogP contribution in [0.25, 0.3) is 0 Å². The summed E-state index contributed by atoms with van der Waals surface area (Å²) in [6.07, 6.45) is 10.9. The number of hydrogen-bond acceptors (Lipinski definition) is 3. The number of carbonyl (C=O) groups excluding carboxylic acids is 1. The van der Waals surface area contributed by atoms with Gasteiger partial charge in [0, 0.05) is 38.2 Å². The number of aliphatic imine (C=N–C) groups is 1. The smallest absolute Gasteiger partial charge is 0.225 e. The number of piperidine rings is 1. The maximum Gasteiger partial charge on any atom is 0.225 e. The van der Waals surface area contributed by atoms with Gasteiger partial charge in [0.05, 0.1) is 12.1 Å². The Balaban J connectivity index is 1.91. The van der Waals surface area contributed by atoms with Crippen molar-refractivity contribution in [1.82, 2.24) is 15.5 Å². The lowest BCUT2D eigenvalue weighted by molar-refractivity contribution is -0.136. The van der Waals surface area contributed by atoms with Crippen molar-refractivity contribution in [3.8, 4) is 0 Å². The van der Waals surface area contributed by atoms with E-state index in [2.05, 4.69) is 43.2 Å². The molecule has 6 heteroatoms. The van der Waals surface area contributed by atoms with Crippen LogP contribution in [0.15, 0.2) is 4.99 Å². The van der Waals surface area contributed by atoms with Gasteiger partial charge in [0.2, 0.25) is 5.91 Å². The van der Waals surface area contributed by atoms with Gasteiger partial charge in [-0.05, 0) is 51.9 Å². The number of nitrogens with one attached hydrogen (secondary N) is 2. The molecule has 0 aromatic rings. The molecule has 1 saturated carbocycles. The quantitative estimate of drug-likeness (QED) is 0.411. The van der Waals surface area contributed by atoms with Crippen LogP contribution in [-0.4, -0.2) is 61.2 Å². The van der Waals surface area contributed by atoms with E-state index in [4.69, 9.17) is 9.73 Å². The third-order valence-corrected chi connectivity index (χ3v) is 6.73. The fourth-order valence-corrected chi connectivity index (χ4v) is 4.74. The number of nitrogens with zero attached hydrogens (tertiary/aromatic N) is 2. The molecule has 0 aromatic heterocycles. The molecule has 1 aliphatic heterocycles. The van der Waals surface area contributed by atoms with Gasteiger partial charge < -0.3 is 20.3 Å². The largest absolute Gasteiger partial charge is 0.373 e. The van der Waals surface area contributed by atoms with E-state index in [1.165, 1.54) is 19.3 Å². The molecule has 1 amide bonds. The number of guanidine groups is 1. The zero-order chi connectivity index (χ0) is 21.8. The summed E-state index contributed by atoms with van der Waals surface area (Å²) < 4.78 is 6.32. The van der Waals surface area contributed by atoms with Crippen molar-refractivity contribution in [2.75, 3.05) is 32.8 Å². The first-order chi connectivity index (χ1) is 14.6. The maximum absolute atomic E-state index is 12.6. The Labute approximate surface area is 184 Å². The fraction of sp³-hybridized carbons (Fsp3) is 0.917. The summed E-state index contributed by atoms with van der Waals surface area (Å²) in [6.45, 7) is 12.6. The van der Waals surface area contributed by atoms with Crippen molar-refractivity contribution in [3.63, 3.8) is 0 Å². The van der Waals surface area contributed by atoms with Crippen molar-refractivity contribution >= 4 is 11.9 Å². The molecule has 0 spiro atoms. The minimum Gasteiger partial charge on any atom is -0.373 e. The van der Waals surface area contributed by atoms with E-state index in [1.54, 1.807) is 0 Å². The molecular weight excluding hydrogens is 376 g/mol. The van der Waals surface area contributed by atoms with Crippen LogP contribution in [-0.2, 0) is 9.53 Å². The number of carbonyl (C=O) groups is 1. The van der Waals surface area contributed by atoms with E-state index >= 15 is 0 Å². The van der Waals surface area contributed by atoms with Gasteiger partial charge in [-0.15, -0.1) is 0 Å². The first kappa shape index (κ1) is 25.0. The van der Waals surface area contributed by atoms with Gasteiger partial charge in [0.1, 0.15) is 0 Å². The molecule has 30 heavy (non-hydrogen) atoms. The molecule has 2 fully saturated rings. The summed E-state index contributed by atoms with van der Waals surface area (Å²) in [7, 11) is 0. The molecule has 2 aliphatic rings. The minimum absolute atomic E-state index is 0.0816. The zero-order valence-corrected chi connectivity index (χ0v) is 20.0. The molecule has 0 radical (unpaired) electrons. The summed E-state index contributed by atoms with van der Waals surface area (Å²) in [5.74, 6) is 1.42. The Morgan fingerprint density at radius 1 is 1.10 bits per heavy atom. The van der Waals surface area contributed by atoms with Crippen LogP contribution in [0.4, 0.5) is 0 Å². The van der Waals surface area contributed by atoms with Crippen LogP contribution in [0, 0.1) is 5.92 Å².